The molecule has 8 nitrogen and oxygen atoms in total. The summed E-state index contributed by atoms with van der Waals surface area (Å²) in [6, 6.07) is 3.83. The number of anilines is 3. The van der Waals surface area contributed by atoms with Gasteiger partial charge in [-0.25, -0.2) is 15.0 Å². The van der Waals surface area contributed by atoms with Crippen LogP contribution in [0.15, 0.2) is 29.1 Å². The summed E-state index contributed by atoms with van der Waals surface area (Å²) >= 11 is 2.65. The Kier molecular flexibility index (Phi) is 5.54. The third kappa shape index (κ3) is 5.07. The number of nitrogens with zero attached hydrogens (tertiary/aromatic N) is 3. The zero-order chi connectivity index (χ0) is 18.5. The number of carbonyl (C=O) groups is 2. The Balaban J connectivity index is 1.55. The molecule has 2 amide bonds. The Morgan fingerprint density at radius 2 is 1.81 bits per heavy atom. The third-order valence-corrected chi connectivity index (χ3v) is 4.81. The molecule has 3 aromatic heterocycles. The fraction of sp³-hybridized carbons (Fsp3) is 0.188. The molecule has 0 aliphatic heterocycles. The van der Waals surface area contributed by atoms with Gasteiger partial charge in [-0.3, -0.25) is 9.59 Å². The molecular formula is C16H16N6O2S2. The number of rotatable bonds is 7. The minimum absolute atomic E-state index is 0.0560. The number of aryl methyl sites for hydroxylation is 1. The first-order chi connectivity index (χ1) is 12.5. The molecule has 4 N–H and O–H groups in total. The Bertz CT molecular complexity index is 936. The van der Waals surface area contributed by atoms with E-state index in [1.165, 1.54) is 22.7 Å². The van der Waals surface area contributed by atoms with Crippen LogP contribution in [0.3, 0.4) is 0 Å². The normalized spacial score (nSPS) is 10.5. The van der Waals surface area contributed by atoms with Gasteiger partial charge in [0.1, 0.15) is 5.82 Å². The molecule has 3 rings (SSSR count). The number of pyridine rings is 1. The first-order valence-corrected chi connectivity index (χ1v) is 9.40. The lowest BCUT2D eigenvalue weighted by Gasteiger charge is -2.02. The number of primary amides is 1. The molecule has 0 aromatic carbocycles. The smallest absolute Gasteiger partial charge is 0.232 e. The van der Waals surface area contributed by atoms with Gasteiger partial charge in [0.25, 0.3) is 0 Å². The molecule has 0 atom stereocenters. The van der Waals surface area contributed by atoms with Crippen molar-refractivity contribution in [2.45, 2.75) is 19.8 Å². The van der Waals surface area contributed by atoms with E-state index >= 15 is 0 Å². The number of amides is 2. The van der Waals surface area contributed by atoms with Crippen LogP contribution in [0.2, 0.25) is 0 Å². The van der Waals surface area contributed by atoms with E-state index in [-0.39, 0.29) is 18.7 Å². The van der Waals surface area contributed by atoms with Crippen LogP contribution in [-0.2, 0) is 22.4 Å². The summed E-state index contributed by atoms with van der Waals surface area (Å²) < 4.78 is 0. The van der Waals surface area contributed by atoms with Crippen molar-refractivity contribution in [1.29, 1.82) is 0 Å². The van der Waals surface area contributed by atoms with Gasteiger partial charge in [0.15, 0.2) is 10.3 Å². The van der Waals surface area contributed by atoms with E-state index in [0.717, 1.165) is 5.56 Å². The van der Waals surface area contributed by atoms with Crippen molar-refractivity contribution in [3.63, 3.8) is 0 Å². The summed E-state index contributed by atoms with van der Waals surface area (Å²) in [6.07, 6.45) is 1.91. The van der Waals surface area contributed by atoms with E-state index in [9.17, 15) is 9.59 Å². The zero-order valence-electron chi connectivity index (χ0n) is 13.9. The molecule has 3 aromatic rings. The quantitative estimate of drug-likeness (QED) is 0.570. The summed E-state index contributed by atoms with van der Waals surface area (Å²) in [7, 11) is 0. The Hall–Kier alpha value is -2.85. The highest BCUT2D eigenvalue weighted by molar-refractivity contribution is 7.14. The molecule has 0 radical (unpaired) electrons. The van der Waals surface area contributed by atoms with Gasteiger partial charge in [0.05, 0.1) is 24.2 Å². The summed E-state index contributed by atoms with van der Waals surface area (Å²) in [5, 5.41) is 10.4. The third-order valence-electron chi connectivity index (χ3n) is 3.20. The van der Waals surface area contributed by atoms with Crippen LogP contribution in [0.5, 0.6) is 0 Å². The van der Waals surface area contributed by atoms with Crippen LogP contribution >= 0.6 is 22.7 Å². The average Bonchev–Trinajstić information content (AvgIpc) is 3.16. The van der Waals surface area contributed by atoms with E-state index in [1.54, 1.807) is 11.6 Å². The first-order valence-electron chi connectivity index (χ1n) is 7.64. The number of hydrogen-bond donors (Lipinski definition) is 3. The van der Waals surface area contributed by atoms with Crippen molar-refractivity contribution in [3.8, 4) is 0 Å². The van der Waals surface area contributed by atoms with E-state index < -0.39 is 5.91 Å². The largest absolute Gasteiger partial charge is 0.369 e. The molecule has 3 heterocycles. The molecule has 0 aliphatic carbocycles. The highest BCUT2D eigenvalue weighted by atomic mass is 32.1. The van der Waals surface area contributed by atoms with Crippen LogP contribution in [-0.4, -0.2) is 26.8 Å². The molecule has 0 aliphatic rings. The Morgan fingerprint density at radius 1 is 1.12 bits per heavy atom. The number of hydrogen-bond acceptors (Lipinski definition) is 8. The Morgan fingerprint density at radius 3 is 2.54 bits per heavy atom. The van der Waals surface area contributed by atoms with Crippen LogP contribution in [0.4, 0.5) is 16.1 Å². The van der Waals surface area contributed by atoms with Gasteiger partial charge in [0, 0.05) is 17.0 Å². The van der Waals surface area contributed by atoms with Gasteiger partial charge < -0.3 is 16.4 Å². The molecule has 10 heteroatoms. The SMILES string of the molecule is Cc1ccnc(Nc2nc(CC(=O)Nc3nc(CC(N)=O)cs3)cs2)c1. The zero-order valence-corrected chi connectivity index (χ0v) is 15.5. The average molecular weight is 388 g/mol. The number of carbonyl (C=O) groups excluding carboxylic acids is 2. The van der Waals surface area contributed by atoms with E-state index in [4.69, 9.17) is 5.73 Å². The maximum Gasteiger partial charge on any atom is 0.232 e. The first kappa shape index (κ1) is 18.0. The number of nitrogens with one attached hydrogen (secondary N) is 2. The van der Waals surface area contributed by atoms with Gasteiger partial charge in [-0.15, -0.1) is 22.7 Å². The van der Waals surface area contributed by atoms with Crippen molar-refractivity contribution < 1.29 is 9.59 Å². The summed E-state index contributed by atoms with van der Waals surface area (Å²) in [5.74, 6) is 0.0226. The lowest BCUT2D eigenvalue weighted by Crippen LogP contribution is -2.15. The van der Waals surface area contributed by atoms with E-state index in [0.29, 0.717) is 27.5 Å². The fourth-order valence-corrected chi connectivity index (χ4v) is 3.56. The molecule has 0 unspecified atom stereocenters. The minimum atomic E-state index is -0.459. The molecule has 0 bridgehead atoms. The van der Waals surface area contributed by atoms with E-state index in [1.807, 2.05) is 24.4 Å². The van der Waals surface area contributed by atoms with Crippen LogP contribution in [0.1, 0.15) is 17.0 Å². The highest BCUT2D eigenvalue weighted by Crippen LogP contribution is 2.21. The topological polar surface area (TPSA) is 123 Å². The summed E-state index contributed by atoms with van der Waals surface area (Å²) in [6.45, 7) is 1.98. The van der Waals surface area contributed by atoms with Crippen LogP contribution < -0.4 is 16.4 Å². The van der Waals surface area contributed by atoms with Crippen molar-refractivity contribution in [2.24, 2.45) is 5.73 Å². The van der Waals surface area contributed by atoms with Gasteiger partial charge >= 0.3 is 0 Å². The summed E-state index contributed by atoms with van der Waals surface area (Å²) in [5.41, 5.74) is 7.41. The monoisotopic (exact) mass is 388 g/mol. The molecule has 0 saturated carbocycles. The second-order valence-corrected chi connectivity index (χ2v) is 7.22. The lowest BCUT2D eigenvalue weighted by molar-refractivity contribution is -0.117. The number of aromatic nitrogens is 3. The van der Waals surface area contributed by atoms with Crippen LogP contribution in [0.25, 0.3) is 0 Å². The second kappa shape index (κ2) is 8.02. The second-order valence-electron chi connectivity index (χ2n) is 5.50. The summed E-state index contributed by atoms with van der Waals surface area (Å²) in [4.78, 5) is 35.8. The van der Waals surface area contributed by atoms with Gasteiger partial charge in [0.2, 0.25) is 11.8 Å². The molecule has 0 saturated heterocycles. The fourth-order valence-electron chi connectivity index (χ4n) is 2.11. The van der Waals surface area contributed by atoms with E-state index in [2.05, 4.69) is 25.6 Å². The van der Waals surface area contributed by atoms with Crippen LogP contribution in [0, 0.1) is 6.92 Å². The van der Waals surface area contributed by atoms with Crippen molar-refractivity contribution in [1.82, 2.24) is 15.0 Å². The molecule has 0 fully saturated rings. The molecule has 26 heavy (non-hydrogen) atoms. The standard InChI is InChI=1S/C16H16N6O2S2/c1-9-2-3-18-13(4-9)21-15-20-11(8-25-15)6-14(24)22-16-19-10(7-26-16)5-12(17)23/h2-4,7-8H,5-6H2,1H3,(H2,17,23)(H,18,20,21)(H,19,22,24). The maximum absolute atomic E-state index is 12.1. The molecular weight excluding hydrogens is 372 g/mol. The van der Waals surface area contributed by atoms with Gasteiger partial charge in [-0.2, -0.15) is 0 Å². The Labute approximate surface area is 157 Å². The molecule has 134 valence electrons. The predicted octanol–water partition coefficient (Wildman–Crippen LogP) is 2.26. The number of thiazole rings is 2. The van der Waals surface area contributed by atoms with Gasteiger partial charge in [-0.05, 0) is 24.6 Å². The number of nitrogens with two attached hydrogens (primary N) is 1. The highest BCUT2D eigenvalue weighted by Gasteiger charge is 2.11. The van der Waals surface area contributed by atoms with Crippen molar-refractivity contribution in [2.75, 3.05) is 10.6 Å². The lowest BCUT2D eigenvalue weighted by atomic mass is 10.3. The van der Waals surface area contributed by atoms with Crippen molar-refractivity contribution >= 4 is 50.6 Å². The maximum atomic E-state index is 12.1. The van der Waals surface area contributed by atoms with Crippen molar-refractivity contribution in [3.05, 3.63) is 46.0 Å². The minimum Gasteiger partial charge on any atom is -0.369 e. The molecule has 0 spiro atoms. The van der Waals surface area contributed by atoms with Gasteiger partial charge in [-0.1, -0.05) is 0 Å². The predicted molar refractivity (Wildman–Crippen MR) is 102 cm³/mol.